The summed E-state index contributed by atoms with van der Waals surface area (Å²) in [6, 6.07) is 6.74. The number of nitrogens with two attached hydrogens (primary N) is 1. The summed E-state index contributed by atoms with van der Waals surface area (Å²) in [6.45, 7) is 0.514. The lowest BCUT2D eigenvalue weighted by molar-refractivity contribution is -0.120. The maximum absolute atomic E-state index is 11.5. The van der Waals surface area contributed by atoms with Gasteiger partial charge < -0.3 is 16.2 Å². The quantitative estimate of drug-likeness (QED) is 0.622. The molecule has 5 nitrogen and oxygen atoms in total. The lowest BCUT2D eigenvalue weighted by atomic mass is 10.1. The van der Waals surface area contributed by atoms with Crippen molar-refractivity contribution in [2.24, 2.45) is 5.73 Å². The number of hydrogen-bond donors (Lipinski definition) is 3. The van der Waals surface area contributed by atoms with Gasteiger partial charge in [-0.3, -0.25) is 9.59 Å². The first-order valence-corrected chi connectivity index (χ1v) is 5.91. The molecule has 0 radical (unpaired) electrons. The Morgan fingerprint density at radius 2 is 1.94 bits per heavy atom. The van der Waals surface area contributed by atoms with E-state index in [-0.39, 0.29) is 24.0 Å². The average molecular weight is 250 g/mol. The number of phenols is 1. The predicted octanol–water partition coefficient (Wildman–Crippen LogP) is 0.706. The Morgan fingerprint density at radius 1 is 1.22 bits per heavy atom. The number of hydrogen-bond acceptors (Lipinski definition) is 3. The second-order valence-corrected chi connectivity index (χ2v) is 4.08. The van der Waals surface area contributed by atoms with Gasteiger partial charge >= 0.3 is 0 Å². The summed E-state index contributed by atoms with van der Waals surface area (Å²) in [5.41, 5.74) is 5.60. The molecule has 0 spiro atoms. The summed E-state index contributed by atoms with van der Waals surface area (Å²) in [7, 11) is 0. The van der Waals surface area contributed by atoms with Gasteiger partial charge in [-0.2, -0.15) is 0 Å². The van der Waals surface area contributed by atoms with Crippen molar-refractivity contribution in [2.75, 3.05) is 6.54 Å². The Balaban J connectivity index is 2.22. The molecule has 1 rings (SSSR count). The van der Waals surface area contributed by atoms with Crippen LogP contribution in [0, 0.1) is 0 Å². The first-order chi connectivity index (χ1) is 8.59. The van der Waals surface area contributed by atoms with E-state index in [4.69, 9.17) is 5.73 Å². The maximum Gasteiger partial charge on any atom is 0.224 e. The number of carbonyl (C=O) groups excluding carboxylic acids is 2. The first-order valence-electron chi connectivity index (χ1n) is 5.91. The largest absolute Gasteiger partial charge is 0.508 e. The number of benzene rings is 1. The number of rotatable bonds is 7. The number of aromatic hydroxyl groups is 1. The minimum atomic E-state index is -0.324. The molecule has 0 heterocycles. The average Bonchev–Trinajstić information content (AvgIpc) is 2.31. The minimum absolute atomic E-state index is 0.126. The Hall–Kier alpha value is -2.04. The van der Waals surface area contributed by atoms with Gasteiger partial charge in [0.05, 0.1) is 6.42 Å². The fourth-order valence-corrected chi connectivity index (χ4v) is 1.55. The zero-order valence-corrected chi connectivity index (χ0v) is 10.2. The second-order valence-electron chi connectivity index (χ2n) is 4.08. The van der Waals surface area contributed by atoms with Crippen LogP contribution in [0.15, 0.2) is 24.3 Å². The summed E-state index contributed by atoms with van der Waals surface area (Å²) >= 11 is 0. The summed E-state index contributed by atoms with van der Waals surface area (Å²) in [6.07, 6.45) is 1.89. The Labute approximate surface area is 106 Å². The van der Waals surface area contributed by atoms with Crippen LogP contribution in [0.3, 0.4) is 0 Å². The van der Waals surface area contributed by atoms with Crippen molar-refractivity contribution >= 4 is 11.8 Å². The van der Waals surface area contributed by atoms with Gasteiger partial charge in [0.2, 0.25) is 11.8 Å². The Kier molecular flexibility index (Phi) is 5.70. The van der Waals surface area contributed by atoms with Crippen molar-refractivity contribution in [1.82, 2.24) is 5.32 Å². The van der Waals surface area contributed by atoms with Gasteiger partial charge in [0.1, 0.15) is 5.75 Å². The van der Waals surface area contributed by atoms with Crippen LogP contribution >= 0.6 is 0 Å². The number of amides is 2. The van der Waals surface area contributed by atoms with E-state index in [1.54, 1.807) is 24.3 Å². The molecule has 0 aromatic heterocycles. The van der Waals surface area contributed by atoms with Crippen LogP contribution in [0.4, 0.5) is 0 Å². The molecule has 1 aromatic rings. The highest BCUT2D eigenvalue weighted by atomic mass is 16.3. The highest BCUT2D eigenvalue weighted by Crippen LogP contribution is 2.15. The molecule has 18 heavy (non-hydrogen) atoms. The minimum Gasteiger partial charge on any atom is -0.508 e. The van der Waals surface area contributed by atoms with E-state index in [9.17, 15) is 14.7 Å². The normalized spacial score (nSPS) is 10.0. The first kappa shape index (κ1) is 14.0. The number of primary amides is 1. The van der Waals surface area contributed by atoms with E-state index in [2.05, 4.69) is 5.32 Å². The SMILES string of the molecule is NC(=O)CCCCNC(=O)Cc1ccccc1O. The van der Waals surface area contributed by atoms with Crippen LogP contribution in [0.25, 0.3) is 0 Å². The van der Waals surface area contributed by atoms with Crippen LogP contribution < -0.4 is 11.1 Å². The molecule has 0 unspecified atom stereocenters. The molecule has 98 valence electrons. The summed E-state index contributed by atoms with van der Waals surface area (Å²) in [5, 5.41) is 12.2. The molecule has 5 heteroatoms. The maximum atomic E-state index is 11.5. The van der Waals surface area contributed by atoms with Gasteiger partial charge in [-0.15, -0.1) is 0 Å². The van der Waals surface area contributed by atoms with Crippen molar-refractivity contribution in [1.29, 1.82) is 0 Å². The molecule has 2 amide bonds. The highest BCUT2D eigenvalue weighted by Gasteiger charge is 2.06. The molecule has 0 atom stereocenters. The monoisotopic (exact) mass is 250 g/mol. The molecule has 0 aliphatic heterocycles. The predicted molar refractivity (Wildman–Crippen MR) is 67.9 cm³/mol. The third-order valence-corrected chi connectivity index (χ3v) is 2.51. The third-order valence-electron chi connectivity index (χ3n) is 2.51. The van der Waals surface area contributed by atoms with Crippen molar-refractivity contribution in [3.63, 3.8) is 0 Å². The molecule has 0 fully saturated rings. The molecule has 0 bridgehead atoms. The van der Waals surface area contributed by atoms with Gasteiger partial charge in [-0.25, -0.2) is 0 Å². The molecule has 0 aliphatic carbocycles. The fourth-order valence-electron chi connectivity index (χ4n) is 1.55. The van der Waals surface area contributed by atoms with Gasteiger partial charge in [0.25, 0.3) is 0 Å². The van der Waals surface area contributed by atoms with E-state index < -0.39 is 0 Å². The summed E-state index contributed by atoms with van der Waals surface area (Å²) in [5.74, 6) is -0.340. The summed E-state index contributed by atoms with van der Waals surface area (Å²) < 4.78 is 0. The smallest absolute Gasteiger partial charge is 0.224 e. The second kappa shape index (κ2) is 7.32. The molecule has 4 N–H and O–H groups in total. The molecule has 0 aliphatic rings. The van der Waals surface area contributed by atoms with E-state index in [1.165, 1.54) is 0 Å². The van der Waals surface area contributed by atoms with Gasteiger partial charge in [0.15, 0.2) is 0 Å². The van der Waals surface area contributed by atoms with Gasteiger partial charge in [0, 0.05) is 18.5 Å². The Morgan fingerprint density at radius 3 is 2.61 bits per heavy atom. The molecular weight excluding hydrogens is 232 g/mol. The molecule has 1 aromatic carbocycles. The Bertz CT molecular complexity index is 418. The third kappa shape index (κ3) is 5.34. The van der Waals surface area contributed by atoms with Crippen LogP contribution in [0.5, 0.6) is 5.75 Å². The number of phenolic OH excluding ortho intramolecular Hbond substituents is 1. The molecule has 0 saturated carbocycles. The van der Waals surface area contributed by atoms with Gasteiger partial charge in [-0.1, -0.05) is 18.2 Å². The van der Waals surface area contributed by atoms with Crippen molar-refractivity contribution < 1.29 is 14.7 Å². The zero-order chi connectivity index (χ0) is 13.4. The zero-order valence-electron chi connectivity index (χ0n) is 10.2. The lowest BCUT2D eigenvalue weighted by Crippen LogP contribution is -2.26. The number of carbonyl (C=O) groups is 2. The molecule has 0 saturated heterocycles. The van der Waals surface area contributed by atoms with E-state index in [1.807, 2.05) is 0 Å². The number of unbranched alkanes of at least 4 members (excludes halogenated alkanes) is 1. The number of para-hydroxylation sites is 1. The van der Waals surface area contributed by atoms with Gasteiger partial charge in [-0.05, 0) is 18.9 Å². The standard InChI is InChI=1S/C13H18N2O3/c14-12(17)7-3-4-8-15-13(18)9-10-5-1-2-6-11(10)16/h1-2,5-6,16H,3-4,7-9H2,(H2,14,17)(H,15,18). The summed E-state index contributed by atoms with van der Waals surface area (Å²) in [4.78, 5) is 22.0. The highest BCUT2D eigenvalue weighted by molar-refractivity contribution is 5.79. The number of nitrogens with one attached hydrogen (secondary N) is 1. The van der Waals surface area contributed by atoms with Crippen molar-refractivity contribution in [3.05, 3.63) is 29.8 Å². The van der Waals surface area contributed by atoms with Crippen molar-refractivity contribution in [2.45, 2.75) is 25.7 Å². The topological polar surface area (TPSA) is 92.4 Å². The molecular formula is C13H18N2O3. The van der Waals surface area contributed by atoms with Crippen LogP contribution in [-0.2, 0) is 16.0 Å². The fraction of sp³-hybridized carbons (Fsp3) is 0.385. The van der Waals surface area contributed by atoms with Crippen LogP contribution in [-0.4, -0.2) is 23.5 Å². The van der Waals surface area contributed by atoms with E-state index in [0.29, 0.717) is 24.9 Å². The van der Waals surface area contributed by atoms with Crippen LogP contribution in [0.1, 0.15) is 24.8 Å². The van der Waals surface area contributed by atoms with E-state index in [0.717, 1.165) is 6.42 Å². The van der Waals surface area contributed by atoms with Crippen molar-refractivity contribution in [3.8, 4) is 5.75 Å². The lowest BCUT2D eigenvalue weighted by Gasteiger charge is -2.06. The van der Waals surface area contributed by atoms with Crippen LogP contribution in [0.2, 0.25) is 0 Å². The van der Waals surface area contributed by atoms with E-state index >= 15 is 0 Å².